The lowest BCUT2D eigenvalue weighted by molar-refractivity contribution is 0.0647. The van der Waals surface area contributed by atoms with Crippen molar-refractivity contribution in [3.63, 3.8) is 0 Å². The lowest BCUT2D eigenvalue weighted by atomic mass is 10.2. The Bertz CT molecular complexity index is 206. The Morgan fingerprint density at radius 2 is 2.46 bits per heavy atom. The molecule has 0 bridgehead atoms. The fourth-order valence-electron chi connectivity index (χ4n) is 1.21. The summed E-state index contributed by atoms with van der Waals surface area (Å²) in [6.07, 6.45) is 7.59. The topological polar surface area (TPSA) is 18.5 Å². The molecule has 0 spiro atoms. The van der Waals surface area contributed by atoms with E-state index in [4.69, 9.17) is 9.47 Å². The molecule has 1 aliphatic heterocycles. The molecule has 13 heavy (non-hydrogen) atoms. The molecule has 0 radical (unpaired) electrons. The van der Waals surface area contributed by atoms with E-state index in [1.54, 1.807) is 12.2 Å². The van der Waals surface area contributed by atoms with Crippen molar-refractivity contribution in [2.75, 3.05) is 13.2 Å². The van der Waals surface area contributed by atoms with Gasteiger partial charge in [0.2, 0.25) is 0 Å². The van der Waals surface area contributed by atoms with E-state index in [1.807, 2.05) is 0 Å². The van der Waals surface area contributed by atoms with Gasteiger partial charge < -0.3 is 9.47 Å². The van der Waals surface area contributed by atoms with Crippen LogP contribution >= 0.6 is 0 Å². The number of rotatable bonds is 5. The van der Waals surface area contributed by atoms with Crippen molar-refractivity contribution in [2.24, 2.45) is 0 Å². The zero-order valence-corrected chi connectivity index (χ0v) is 7.87. The van der Waals surface area contributed by atoms with E-state index in [2.05, 4.69) is 19.2 Å². The Morgan fingerprint density at radius 3 is 3.00 bits per heavy atom. The second-order valence-corrected chi connectivity index (χ2v) is 2.88. The molecule has 0 aromatic rings. The largest absolute Gasteiger partial charge is 0.495 e. The number of hydrogen-bond donors (Lipinski definition) is 0. The first-order valence-corrected chi connectivity index (χ1v) is 4.56. The summed E-state index contributed by atoms with van der Waals surface area (Å²) < 4.78 is 10.9. The standard InChI is InChI=1S/C11H16O2/c1-3-8-12-10(4-2)11-7-5-6-9-13-11/h3-4,7,10H,1-2,5-6,8-9H2. The summed E-state index contributed by atoms with van der Waals surface area (Å²) in [6, 6.07) is 0. The van der Waals surface area contributed by atoms with Gasteiger partial charge in [0.1, 0.15) is 11.9 Å². The molecule has 0 aromatic heterocycles. The van der Waals surface area contributed by atoms with E-state index in [-0.39, 0.29) is 6.10 Å². The Morgan fingerprint density at radius 1 is 1.62 bits per heavy atom. The van der Waals surface area contributed by atoms with Crippen LogP contribution in [0.5, 0.6) is 0 Å². The van der Waals surface area contributed by atoms with Crippen molar-refractivity contribution in [1.29, 1.82) is 0 Å². The third-order valence-electron chi connectivity index (χ3n) is 1.85. The first-order chi connectivity index (χ1) is 6.38. The second kappa shape index (κ2) is 5.60. The van der Waals surface area contributed by atoms with Crippen LogP contribution in [-0.2, 0) is 9.47 Å². The van der Waals surface area contributed by atoms with Crippen LogP contribution in [0.25, 0.3) is 0 Å². The summed E-state index contributed by atoms with van der Waals surface area (Å²) in [5, 5.41) is 0. The highest BCUT2D eigenvalue weighted by atomic mass is 16.5. The molecule has 72 valence electrons. The monoisotopic (exact) mass is 180 g/mol. The molecule has 0 saturated heterocycles. The summed E-state index contributed by atoms with van der Waals surface area (Å²) in [4.78, 5) is 0. The van der Waals surface area contributed by atoms with Crippen molar-refractivity contribution < 1.29 is 9.47 Å². The van der Waals surface area contributed by atoms with Gasteiger partial charge in [-0.3, -0.25) is 0 Å². The fraction of sp³-hybridized carbons (Fsp3) is 0.455. The lowest BCUT2D eigenvalue weighted by Gasteiger charge is -2.20. The fourth-order valence-corrected chi connectivity index (χ4v) is 1.21. The van der Waals surface area contributed by atoms with Gasteiger partial charge >= 0.3 is 0 Å². The van der Waals surface area contributed by atoms with Crippen LogP contribution < -0.4 is 0 Å². The third kappa shape index (κ3) is 3.07. The van der Waals surface area contributed by atoms with Crippen LogP contribution in [0, 0.1) is 0 Å². The van der Waals surface area contributed by atoms with Gasteiger partial charge in [0.25, 0.3) is 0 Å². The van der Waals surface area contributed by atoms with Gasteiger partial charge in [-0.2, -0.15) is 0 Å². The average molecular weight is 180 g/mol. The molecule has 0 fully saturated rings. The van der Waals surface area contributed by atoms with E-state index in [0.717, 1.165) is 25.2 Å². The molecular weight excluding hydrogens is 164 g/mol. The summed E-state index contributed by atoms with van der Waals surface area (Å²) in [5.74, 6) is 0.892. The highest BCUT2D eigenvalue weighted by Crippen LogP contribution is 2.16. The van der Waals surface area contributed by atoms with Gasteiger partial charge in [-0.05, 0) is 18.9 Å². The van der Waals surface area contributed by atoms with Gasteiger partial charge in [0.15, 0.2) is 0 Å². The molecule has 0 aromatic carbocycles. The normalized spacial score (nSPS) is 18.3. The quantitative estimate of drug-likeness (QED) is 0.605. The maximum absolute atomic E-state index is 5.46. The van der Waals surface area contributed by atoms with Crippen molar-refractivity contribution >= 4 is 0 Å². The molecule has 0 saturated carbocycles. The maximum atomic E-state index is 5.46. The zero-order chi connectivity index (χ0) is 9.52. The van der Waals surface area contributed by atoms with Crippen molar-refractivity contribution in [1.82, 2.24) is 0 Å². The van der Waals surface area contributed by atoms with Crippen molar-refractivity contribution in [2.45, 2.75) is 18.9 Å². The average Bonchev–Trinajstić information content (AvgIpc) is 2.21. The Hall–Kier alpha value is -1.02. The minimum Gasteiger partial charge on any atom is -0.495 e. The van der Waals surface area contributed by atoms with E-state index in [1.165, 1.54) is 0 Å². The molecule has 1 rings (SSSR count). The Labute approximate surface area is 79.5 Å². The van der Waals surface area contributed by atoms with Crippen LogP contribution in [0.1, 0.15) is 12.8 Å². The molecule has 2 nitrogen and oxygen atoms in total. The highest BCUT2D eigenvalue weighted by Gasteiger charge is 2.14. The molecule has 0 aliphatic carbocycles. The molecule has 1 heterocycles. The Kier molecular flexibility index (Phi) is 4.33. The first kappa shape index (κ1) is 10.1. The summed E-state index contributed by atoms with van der Waals surface area (Å²) >= 11 is 0. The van der Waals surface area contributed by atoms with Crippen LogP contribution in [-0.4, -0.2) is 19.3 Å². The van der Waals surface area contributed by atoms with Crippen LogP contribution in [0.15, 0.2) is 37.1 Å². The zero-order valence-electron chi connectivity index (χ0n) is 7.87. The van der Waals surface area contributed by atoms with Gasteiger partial charge in [-0.1, -0.05) is 12.2 Å². The molecule has 0 amide bonds. The first-order valence-electron chi connectivity index (χ1n) is 4.56. The molecule has 1 unspecified atom stereocenters. The maximum Gasteiger partial charge on any atom is 0.132 e. The van der Waals surface area contributed by atoms with Gasteiger partial charge in [-0.15, -0.1) is 13.2 Å². The lowest BCUT2D eigenvalue weighted by Crippen LogP contribution is -2.18. The third-order valence-corrected chi connectivity index (χ3v) is 1.85. The van der Waals surface area contributed by atoms with E-state index >= 15 is 0 Å². The van der Waals surface area contributed by atoms with Crippen LogP contribution in [0.2, 0.25) is 0 Å². The smallest absolute Gasteiger partial charge is 0.132 e. The highest BCUT2D eigenvalue weighted by molar-refractivity contribution is 5.09. The number of hydrogen-bond acceptors (Lipinski definition) is 2. The predicted molar refractivity (Wildman–Crippen MR) is 53.4 cm³/mol. The molecule has 0 N–H and O–H groups in total. The summed E-state index contributed by atoms with van der Waals surface area (Å²) in [5.41, 5.74) is 0. The number of allylic oxidation sites excluding steroid dienone is 1. The Balaban J connectivity index is 2.48. The second-order valence-electron chi connectivity index (χ2n) is 2.88. The van der Waals surface area contributed by atoms with Crippen LogP contribution in [0.4, 0.5) is 0 Å². The number of ether oxygens (including phenoxy) is 2. The molecule has 1 aliphatic rings. The summed E-state index contributed by atoms with van der Waals surface area (Å²) in [7, 11) is 0. The van der Waals surface area contributed by atoms with E-state index < -0.39 is 0 Å². The van der Waals surface area contributed by atoms with Gasteiger partial charge in [0.05, 0.1) is 13.2 Å². The van der Waals surface area contributed by atoms with Crippen molar-refractivity contribution in [3.8, 4) is 0 Å². The van der Waals surface area contributed by atoms with E-state index in [0.29, 0.717) is 6.61 Å². The predicted octanol–water partition coefficient (Wildman–Crippen LogP) is 2.44. The molecule has 2 heteroatoms. The van der Waals surface area contributed by atoms with Gasteiger partial charge in [0, 0.05) is 0 Å². The van der Waals surface area contributed by atoms with Crippen molar-refractivity contribution in [3.05, 3.63) is 37.1 Å². The van der Waals surface area contributed by atoms with Crippen LogP contribution in [0.3, 0.4) is 0 Å². The summed E-state index contributed by atoms with van der Waals surface area (Å²) in [6.45, 7) is 8.61. The van der Waals surface area contributed by atoms with E-state index in [9.17, 15) is 0 Å². The van der Waals surface area contributed by atoms with Gasteiger partial charge in [-0.25, -0.2) is 0 Å². The minimum atomic E-state index is -0.113. The molecule has 1 atom stereocenters. The SMILES string of the molecule is C=CCOC(C=C)C1=CCCCO1. The molecular formula is C11H16O2. The minimum absolute atomic E-state index is 0.113.